The van der Waals surface area contributed by atoms with Crippen LogP contribution in [0.4, 0.5) is 4.79 Å². The highest BCUT2D eigenvalue weighted by molar-refractivity contribution is 7.16. The van der Waals surface area contributed by atoms with Crippen molar-refractivity contribution >= 4 is 33.7 Å². The van der Waals surface area contributed by atoms with Gasteiger partial charge in [0.05, 0.1) is 17.4 Å². The summed E-state index contributed by atoms with van der Waals surface area (Å²) >= 11 is 1.23. The van der Waals surface area contributed by atoms with Crippen LogP contribution in [-0.2, 0) is 16.0 Å². The van der Waals surface area contributed by atoms with Crippen molar-refractivity contribution in [3.63, 3.8) is 0 Å². The van der Waals surface area contributed by atoms with Gasteiger partial charge in [0, 0.05) is 19.3 Å². The molecule has 2 N–H and O–H groups in total. The van der Waals surface area contributed by atoms with E-state index in [1.165, 1.54) is 24.6 Å². The number of fused-ring (bicyclic) bond motifs is 1. The summed E-state index contributed by atoms with van der Waals surface area (Å²) in [7, 11) is 1.31. The number of ether oxygens (including phenoxy) is 2. The summed E-state index contributed by atoms with van der Waals surface area (Å²) in [6, 6.07) is 1.67. The maximum Gasteiger partial charge on any atom is 0.407 e. The number of methoxy groups -OCH3 is 1. The number of esters is 1. The molecule has 0 radical (unpaired) electrons. The van der Waals surface area contributed by atoms with Gasteiger partial charge in [-0.1, -0.05) is 23.5 Å². The van der Waals surface area contributed by atoms with Gasteiger partial charge < -0.3 is 14.8 Å². The molecule has 0 fully saturated rings. The number of alkyl carbamates (subject to hydrolysis) is 1. The Hall–Kier alpha value is -2.68. The van der Waals surface area contributed by atoms with Crippen LogP contribution in [0.5, 0.6) is 0 Å². The highest BCUT2D eigenvalue weighted by atomic mass is 32.1. The van der Waals surface area contributed by atoms with Gasteiger partial charge in [0.1, 0.15) is 5.60 Å². The molecule has 2 aromatic heterocycles. The second kappa shape index (κ2) is 8.13. The number of pyridine rings is 1. The van der Waals surface area contributed by atoms with Gasteiger partial charge in [-0.15, -0.1) is 0 Å². The summed E-state index contributed by atoms with van der Waals surface area (Å²) in [4.78, 5) is 27.7. The summed E-state index contributed by atoms with van der Waals surface area (Å²) in [5, 5.41) is 10.7. The average Bonchev–Trinajstić information content (AvgIpc) is 2.86. The molecule has 8 nitrogen and oxygen atoms in total. The lowest BCUT2D eigenvalue weighted by Crippen LogP contribution is -2.32. The summed E-state index contributed by atoms with van der Waals surface area (Å²) < 4.78 is 12.3. The van der Waals surface area contributed by atoms with Gasteiger partial charge in [-0.05, 0) is 26.8 Å². The zero-order chi connectivity index (χ0) is 19.3. The van der Waals surface area contributed by atoms with Crippen LogP contribution in [0.3, 0.4) is 0 Å². The number of hydrogen-bond acceptors (Lipinski definition) is 7. The minimum absolute atomic E-state index is 0.319. The molecule has 2 rings (SSSR count). The van der Waals surface area contributed by atoms with Gasteiger partial charge in [0.2, 0.25) is 0 Å². The molecule has 0 aromatic carbocycles. The predicted octanol–water partition coefficient (Wildman–Crippen LogP) is 2.44. The molecule has 2 aromatic rings. The van der Waals surface area contributed by atoms with Crippen LogP contribution in [0.1, 0.15) is 31.1 Å². The standard InChI is InChI=1S/C17H22N4O4S/c1-17(2,3)25-16(23)19-7-5-6-8-21-13-12(26-15(21)18)9-11(10-20-13)14(22)24-4/h5-6,9-10,18H,7-8H2,1-4H3,(H,19,23)/b6-5+,18-15?. The number of aromatic nitrogens is 2. The van der Waals surface area contributed by atoms with Crippen LogP contribution in [0.2, 0.25) is 0 Å². The Morgan fingerprint density at radius 3 is 2.77 bits per heavy atom. The normalized spacial score (nSPS) is 11.7. The van der Waals surface area contributed by atoms with E-state index in [0.29, 0.717) is 29.1 Å². The van der Waals surface area contributed by atoms with Crippen molar-refractivity contribution in [3.05, 3.63) is 34.8 Å². The largest absolute Gasteiger partial charge is 0.465 e. The lowest BCUT2D eigenvalue weighted by Gasteiger charge is -2.19. The minimum atomic E-state index is -0.534. The van der Waals surface area contributed by atoms with E-state index in [4.69, 9.17) is 10.1 Å². The van der Waals surface area contributed by atoms with E-state index in [-0.39, 0.29) is 0 Å². The summed E-state index contributed by atoms with van der Waals surface area (Å²) in [6.45, 7) is 6.16. The average molecular weight is 378 g/mol. The SMILES string of the molecule is COC(=O)c1cnc2c(c1)sc(=N)n2C/C=C/CNC(=O)OC(C)(C)C. The predicted molar refractivity (Wildman–Crippen MR) is 98.2 cm³/mol. The first-order valence-electron chi connectivity index (χ1n) is 7.95. The number of carbonyl (C=O) groups excluding carboxylic acids is 2. The van der Waals surface area contributed by atoms with Crippen LogP contribution in [-0.4, -0.2) is 40.9 Å². The zero-order valence-electron chi connectivity index (χ0n) is 15.2. The number of rotatable bonds is 5. The lowest BCUT2D eigenvalue weighted by molar-refractivity contribution is 0.0532. The summed E-state index contributed by atoms with van der Waals surface area (Å²) in [5.74, 6) is -0.459. The molecule has 0 bridgehead atoms. The van der Waals surface area contributed by atoms with Crippen LogP contribution in [0.15, 0.2) is 24.4 Å². The highest BCUT2D eigenvalue weighted by Crippen LogP contribution is 2.17. The number of carbonyl (C=O) groups is 2. The van der Waals surface area contributed by atoms with Gasteiger partial charge in [-0.3, -0.25) is 9.98 Å². The van der Waals surface area contributed by atoms with Gasteiger partial charge in [0.15, 0.2) is 10.4 Å². The molecule has 9 heteroatoms. The molecule has 0 spiro atoms. The highest BCUT2D eigenvalue weighted by Gasteiger charge is 2.15. The van der Waals surface area contributed by atoms with E-state index < -0.39 is 17.7 Å². The smallest absolute Gasteiger partial charge is 0.407 e. The lowest BCUT2D eigenvalue weighted by atomic mass is 10.2. The minimum Gasteiger partial charge on any atom is -0.465 e. The number of thiazole rings is 1. The molecule has 0 aliphatic carbocycles. The quantitative estimate of drug-likeness (QED) is 0.614. The molecular formula is C17H22N4O4S. The first-order chi connectivity index (χ1) is 12.2. The van der Waals surface area contributed by atoms with Crippen LogP contribution in [0, 0.1) is 5.41 Å². The van der Waals surface area contributed by atoms with E-state index in [0.717, 1.165) is 4.70 Å². The first-order valence-corrected chi connectivity index (χ1v) is 8.77. The third-order valence-electron chi connectivity index (χ3n) is 3.18. The van der Waals surface area contributed by atoms with E-state index in [1.54, 1.807) is 37.5 Å². The van der Waals surface area contributed by atoms with Gasteiger partial charge in [-0.25, -0.2) is 14.6 Å². The molecule has 0 saturated carbocycles. The van der Waals surface area contributed by atoms with Crippen LogP contribution < -0.4 is 10.1 Å². The van der Waals surface area contributed by atoms with Crippen LogP contribution >= 0.6 is 11.3 Å². The Morgan fingerprint density at radius 2 is 2.12 bits per heavy atom. The van der Waals surface area contributed by atoms with Crippen molar-refractivity contribution in [2.45, 2.75) is 32.9 Å². The maximum atomic E-state index is 11.6. The van der Waals surface area contributed by atoms with Crippen molar-refractivity contribution in [3.8, 4) is 0 Å². The van der Waals surface area contributed by atoms with E-state index in [2.05, 4.69) is 15.0 Å². The monoisotopic (exact) mass is 378 g/mol. The number of amides is 1. The van der Waals surface area contributed by atoms with Crippen molar-refractivity contribution in [1.29, 1.82) is 5.41 Å². The number of allylic oxidation sites excluding steroid dienone is 1. The molecular weight excluding hydrogens is 356 g/mol. The molecule has 140 valence electrons. The Labute approximate surface area is 155 Å². The Morgan fingerprint density at radius 1 is 1.38 bits per heavy atom. The molecule has 1 amide bonds. The molecule has 26 heavy (non-hydrogen) atoms. The zero-order valence-corrected chi connectivity index (χ0v) is 16.0. The van der Waals surface area contributed by atoms with Crippen LogP contribution in [0.25, 0.3) is 10.3 Å². The van der Waals surface area contributed by atoms with Crippen molar-refractivity contribution in [2.75, 3.05) is 13.7 Å². The topological polar surface area (TPSA) is 106 Å². The fourth-order valence-electron chi connectivity index (χ4n) is 2.09. The molecule has 0 aliphatic heterocycles. The summed E-state index contributed by atoms with van der Waals surface area (Å²) in [5.41, 5.74) is 0.441. The molecule has 2 heterocycles. The first kappa shape index (κ1) is 19.6. The van der Waals surface area contributed by atoms with Gasteiger partial charge in [-0.2, -0.15) is 0 Å². The van der Waals surface area contributed by atoms with E-state index >= 15 is 0 Å². The number of hydrogen-bond donors (Lipinski definition) is 2. The molecule has 0 unspecified atom stereocenters. The van der Waals surface area contributed by atoms with Gasteiger partial charge >= 0.3 is 12.1 Å². The third kappa shape index (κ3) is 5.16. The Kier molecular flexibility index (Phi) is 6.14. The van der Waals surface area contributed by atoms with E-state index in [1.807, 2.05) is 6.08 Å². The second-order valence-corrected chi connectivity index (χ2v) is 7.44. The molecule has 0 atom stereocenters. The fourth-order valence-corrected chi connectivity index (χ4v) is 3.01. The van der Waals surface area contributed by atoms with Gasteiger partial charge in [0.25, 0.3) is 0 Å². The number of nitrogens with one attached hydrogen (secondary N) is 2. The number of nitrogens with zero attached hydrogens (tertiary/aromatic N) is 2. The summed E-state index contributed by atoms with van der Waals surface area (Å²) in [6.07, 6.45) is 4.57. The Balaban J connectivity index is 2.00. The Bertz CT molecular complexity index is 892. The fraction of sp³-hybridized carbons (Fsp3) is 0.412. The van der Waals surface area contributed by atoms with Crippen molar-refractivity contribution < 1.29 is 19.1 Å². The molecule has 0 aliphatic rings. The van der Waals surface area contributed by atoms with E-state index in [9.17, 15) is 9.59 Å². The second-order valence-electron chi connectivity index (χ2n) is 6.41. The third-order valence-corrected chi connectivity index (χ3v) is 4.11. The maximum absolute atomic E-state index is 11.6. The van der Waals surface area contributed by atoms with Crippen molar-refractivity contribution in [1.82, 2.24) is 14.9 Å². The molecule has 0 saturated heterocycles. The van der Waals surface area contributed by atoms with Crippen molar-refractivity contribution in [2.24, 2.45) is 0 Å².